The summed E-state index contributed by atoms with van der Waals surface area (Å²) < 4.78 is 0. The number of rotatable bonds is 0. The molecule has 3 rings (SSSR count). The fourth-order valence-electron chi connectivity index (χ4n) is 2.42. The van der Waals surface area contributed by atoms with E-state index in [1.54, 1.807) is 0 Å². The van der Waals surface area contributed by atoms with Crippen LogP contribution in [0.1, 0.15) is 24.2 Å². The Morgan fingerprint density at radius 2 is 2.20 bits per heavy atom. The number of aromatic amines is 1. The van der Waals surface area contributed by atoms with Crippen LogP contribution in [-0.2, 0) is 6.42 Å². The van der Waals surface area contributed by atoms with Crippen molar-refractivity contribution >= 4 is 10.9 Å². The van der Waals surface area contributed by atoms with Gasteiger partial charge in [-0.3, -0.25) is 0 Å². The lowest BCUT2D eigenvalue weighted by Crippen LogP contribution is -2.30. The summed E-state index contributed by atoms with van der Waals surface area (Å²) in [5, 5.41) is 12.4. The molecule has 0 saturated carbocycles. The second-order valence-corrected chi connectivity index (χ2v) is 4.15. The topological polar surface area (TPSA) is 39.3 Å². The Kier molecular flexibility index (Phi) is 1.84. The van der Waals surface area contributed by atoms with Gasteiger partial charge in [0.2, 0.25) is 0 Å². The number of para-hydroxylation sites is 1. The fourth-order valence-corrected chi connectivity index (χ4v) is 2.42. The Hall–Kier alpha value is -1.32. The molecule has 0 radical (unpaired) electrons. The van der Waals surface area contributed by atoms with Gasteiger partial charge in [-0.1, -0.05) is 18.2 Å². The first-order chi connectivity index (χ1) is 7.27. The van der Waals surface area contributed by atoms with Crippen LogP contribution in [0.2, 0.25) is 0 Å². The fraction of sp³-hybridized carbons (Fsp3) is 0.333. The molecular weight excluding hydrogens is 188 g/mol. The number of hydroxylamine groups is 2. The Morgan fingerprint density at radius 3 is 3.07 bits per heavy atom. The third-order valence-electron chi connectivity index (χ3n) is 3.30. The van der Waals surface area contributed by atoms with Crippen molar-refractivity contribution in [3.63, 3.8) is 0 Å². The van der Waals surface area contributed by atoms with Gasteiger partial charge in [-0.15, -0.1) is 0 Å². The zero-order valence-electron chi connectivity index (χ0n) is 8.70. The van der Waals surface area contributed by atoms with Gasteiger partial charge in [-0.05, 0) is 25.0 Å². The van der Waals surface area contributed by atoms with E-state index < -0.39 is 0 Å². The SMILES string of the molecule is C[C@H]1c2[nH]c3ccccc3c2CCN1O. The Morgan fingerprint density at radius 1 is 1.40 bits per heavy atom. The highest BCUT2D eigenvalue weighted by Crippen LogP contribution is 2.32. The molecule has 2 N–H and O–H groups in total. The van der Waals surface area contributed by atoms with Crippen molar-refractivity contribution in [3.8, 4) is 0 Å². The van der Waals surface area contributed by atoms with Crippen LogP contribution in [0.5, 0.6) is 0 Å². The van der Waals surface area contributed by atoms with Crippen LogP contribution in [0.3, 0.4) is 0 Å². The summed E-state index contributed by atoms with van der Waals surface area (Å²) in [7, 11) is 0. The van der Waals surface area contributed by atoms with Crippen LogP contribution in [-0.4, -0.2) is 21.8 Å². The van der Waals surface area contributed by atoms with Gasteiger partial charge in [-0.25, -0.2) is 0 Å². The van der Waals surface area contributed by atoms with Gasteiger partial charge >= 0.3 is 0 Å². The maximum absolute atomic E-state index is 9.66. The van der Waals surface area contributed by atoms with Crippen molar-refractivity contribution in [2.45, 2.75) is 19.4 Å². The lowest BCUT2D eigenvalue weighted by atomic mass is 10.00. The lowest BCUT2D eigenvalue weighted by molar-refractivity contribution is -0.128. The molecule has 0 aliphatic carbocycles. The summed E-state index contributed by atoms with van der Waals surface area (Å²) in [4.78, 5) is 3.39. The van der Waals surface area contributed by atoms with Crippen molar-refractivity contribution in [2.75, 3.05) is 6.54 Å². The maximum Gasteiger partial charge on any atom is 0.0724 e. The Balaban J connectivity index is 2.26. The van der Waals surface area contributed by atoms with E-state index in [4.69, 9.17) is 0 Å². The molecule has 1 aromatic heterocycles. The van der Waals surface area contributed by atoms with E-state index in [2.05, 4.69) is 23.2 Å². The quantitative estimate of drug-likeness (QED) is 0.689. The van der Waals surface area contributed by atoms with Crippen LogP contribution in [0.4, 0.5) is 0 Å². The van der Waals surface area contributed by atoms with E-state index in [-0.39, 0.29) is 6.04 Å². The Labute approximate surface area is 88.3 Å². The van der Waals surface area contributed by atoms with Crippen molar-refractivity contribution in [1.29, 1.82) is 0 Å². The third kappa shape index (κ3) is 1.20. The second-order valence-electron chi connectivity index (χ2n) is 4.15. The monoisotopic (exact) mass is 202 g/mol. The average Bonchev–Trinajstić information content (AvgIpc) is 2.63. The molecule has 0 unspecified atom stereocenters. The number of fused-ring (bicyclic) bond motifs is 3. The van der Waals surface area contributed by atoms with Crippen molar-refractivity contribution in [3.05, 3.63) is 35.5 Å². The summed E-state index contributed by atoms with van der Waals surface area (Å²) in [6, 6.07) is 8.39. The zero-order valence-corrected chi connectivity index (χ0v) is 8.70. The van der Waals surface area contributed by atoms with Gasteiger partial charge < -0.3 is 10.2 Å². The molecule has 1 atom stereocenters. The second kappa shape index (κ2) is 3.08. The normalized spacial score (nSPS) is 21.9. The molecule has 3 nitrogen and oxygen atoms in total. The van der Waals surface area contributed by atoms with Crippen molar-refractivity contribution in [2.24, 2.45) is 0 Å². The molecule has 0 saturated heterocycles. The molecule has 0 spiro atoms. The van der Waals surface area contributed by atoms with Crippen LogP contribution in [0.25, 0.3) is 10.9 Å². The molecule has 78 valence electrons. The number of H-pyrrole nitrogens is 1. The first-order valence-electron chi connectivity index (χ1n) is 5.32. The predicted molar refractivity (Wildman–Crippen MR) is 58.9 cm³/mol. The zero-order chi connectivity index (χ0) is 10.4. The number of benzene rings is 1. The van der Waals surface area contributed by atoms with Crippen molar-refractivity contribution < 1.29 is 5.21 Å². The largest absolute Gasteiger partial charge is 0.357 e. The molecule has 0 bridgehead atoms. The minimum atomic E-state index is 0.0705. The number of nitrogens with one attached hydrogen (secondary N) is 1. The van der Waals surface area contributed by atoms with E-state index >= 15 is 0 Å². The van der Waals surface area contributed by atoms with Crippen LogP contribution in [0, 0.1) is 0 Å². The van der Waals surface area contributed by atoms with Crippen LogP contribution >= 0.6 is 0 Å². The highest BCUT2D eigenvalue weighted by Gasteiger charge is 2.25. The van der Waals surface area contributed by atoms with E-state index in [1.807, 2.05) is 13.0 Å². The molecular formula is C12H14N2O. The highest BCUT2D eigenvalue weighted by molar-refractivity contribution is 5.85. The third-order valence-corrected chi connectivity index (χ3v) is 3.30. The summed E-state index contributed by atoms with van der Waals surface area (Å²) >= 11 is 0. The summed E-state index contributed by atoms with van der Waals surface area (Å²) in [6.07, 6.45) is 0.917. The Bertz CT molecular complexity index is 503. The average molecular weight is 202 g/mol. The lowest BCUT2D eigenvalue weighted by Gasteiger charge is -2.27. The molecule has 1 aliphatic rings. The minimum Gasteiger partial charge on any atom is -0.357 e. The first-order valence-corrected chi connectivity index (χ1v) is 5.32. The number of hydrogen-bond donors (Lipinski definition) is 2. The maximum atomic E-state index is 9.66. The minimum absolute atomic E-state index is 0.0705. The van der Waals surface area contributed by atoms with Gasteiger partial charge in [-0.2, -0.15) is 5.06 Å². The van der Waals surface area contributed by atoms with E-state index in [0.29, 0.717) is 0 Å². The predicted octanol–water partition coefficient (Wildman–Crippen LogP) is 2.48. The summed E-state index contributed by atoms with van der Waals surface area (Å²) in [5.74, 6) is 0. The van der Waals surface area contributed by atoms with Crippen molar-refractivity contribution in [1.82, 2.24) is 10.0 Å². The molecule has 0 fully saturated rings. The van der Waals surface area contributed by atoms with Gasteiger partial charge in [0.25, 0.3) is 0 Å². The molecule has 2 aromatic rings. The number of nitrogens with zero attached hydrogens (tertiary/aromatic N) is 1. The molecule has 3 heteroatoms. The molecule has 1 aromatic carbocycles. The summed E-state index contributed by atoms with van der Waals surface area (Å²) in [6.45, 7) is 2.74. The van der Waals surface area contributed by atoms with Gasteiger partial charge in [0.05, 0.1) is 6.04 Å². The van der Waals surface area contributed by atoms with Crippen LogP contribution in [0.15, 0.2) is 24.3 Å². The smallest absolute Gasteiger partial charge is 0.0724 e. The number of hydrogen-bond acceptors (Lipinski definition) is 2. The van der Waals surface area contributed by atoms with Gasteiger partial charge in [0.15, 0.2) is 0 Å². The highest BCUT2D eigenvalue weighted by atomic mass is 16.5. The van der Waals surface area contributed by atoms with Crippen LogP contribution < -0.4 is 0 Å². The van der Waals surface area contributed by atoms with Gasteiger partial charge in [0, 0.05) is 23.1 Å². The van der Waals surface area contributed by atoms with E-state index in [9.17, 15) is 5.21 Å². The van der Waals surface area contributed by atoms with Gasteiger partial charge in [0.1, 0.15) is 0 Å². The number of aromatic nitrogens is 1. The standard InChI is InChI=1S/C12H14N2O/c1-8-12-10(6-7-14(8)15)9-4-2-3-5-11(9)13-12/h2-5,8,13,15H,6-7H2,1H3/t8-/m0/s1. The molecule has 0 amide bonds. The molecule has 1 aliphatic heterocycles. The summed E-state index contributed by atoms with van der Waals surface area (Å²) in [5.41, 5.74) is 3.69. The first kappa shape index (κ1) is 8.95. The molecule has 2 heterocycles. The molecule has 15 heavy (non-hydrogen) atoms. The van der Waals surface area contributed by atoms with E-state index in [0.717, 1.165) is 18.7 Å². The van der Waals surface area contributed by atoms with E-state index in [1.165, 1.54) is 21.5 Å².